The second-order valence-electron chi connectivity index (χ2n) is 6.84. The van der Waals surface area contributed by atoms with E-state index in [0.717, 1.165) is 22.3 Å². The highest BCUT2D eigenvalue weighted by atomic mass is 19.4. The summed E-state index contributed by atoms with van der Waals surface area (Å²) in [5.41, 5.74) is 4.35. The average molecular weight is 322 g/mol. The van der Waals surface area contributed by atoms with Crippen LogP contribution in [0.5, 0.6) is 0 Å². The van der Waals surface area contributed by atoms with Crippen LogP contribution < -0.4 is 0 Å². The summed E-state index contributed by atoms with van der Waals surface area (Å²) in [6, 6.07) is 3.44. The molecule has 3 atom stereocenters. The van der Waals surface area contributed by atoms with Crippen LogP contribution in [0.1, 0.15) is 48.9 Å². The molecule has 0 amide bonds. The molecule has 1 aromatic rings. The molecule has 126 valence electrons. The molecule has 0 spiro atoms. The van der Waals surface area contributed by atoms with Crippen LogP contribution in [-0.4, -0.2) is 6.18 Å². The third-order valence-corrected chi connectivity index (χ3v) is 5.56. The van der Waals surface area contributed by atoms with Crippen molar-refractivity contribution in [2.45, 2.75) is 53.6 Å². The molecule has 0 nitrogen and oxygen atoms in total. The molecule has 0 N–H and O–H groups in total. The van der Waals surface area contributed by atoms with Crippen molar-refractivity contribution in [1.82, 2.24) is 0 Å². The first-order valence-electron chi connectivity index (χ1n) is 8.08. The SMILES string of the molecule is CC1=C(C(c2ccc(C)c(C)c2C)C(F)(F)F)C=CC(C)C1C. The molecular weight excluding hydrogens is 297 g/mol. The van der Waals surface area contributed by atoms with Gasteiger partial charge in [0.05, 0.1) is 0 Å². The van der Waals surface area contributed by atoms with Crippen LogP contribution in [-0.2, 0) is 0 Å². The number of halogens is 3. The van der Waals surface area contributed by atoms with Gasteiger partial charge in [0.1, 0.15) is 5.92 Å². The zero-order valence-electron chi connectivity index (χ0n) is 14.7. The number of rotatable bonds is 2. The van der Waals surface area contributed by atoms with Gasteiger partial charge in [-0.2, -0.15) is 13.2 Å². The zero-order chi connectivity index (χ0) is 17.5. The number of aryl methyl sites for hydroxylation is 1. The van der Waals surface area contributed by atoms with E-state index in [9.17, 15) is 13.2 Å². The monoisotopic (exact) mass is 322 g/mol. The highest BCUT2D eigenvalue weighted by molar-refractivity contribution is 5.48. The van der Waals surface area contributed by atoms with Gasteiger partial charge in [-0.05, 0) is 67.4 Å². The molecule has 0 saturated carbocycles. The zero-order valence-corrected chi connectivity index (χ0v) is 14.7. The summed E-state index contributed by atoms with van der Waals surface area (Å²) in [4.78, 5) is 0. The van der Waals surface area contributed by atoms with Crippen LogP contribution in [0, 0.1) is 32.6 Å². The summed E-state index contributed by atoms with van der Waals surface area (Å²) < 4.78 is 41.8. The van der Waals surface area contributed by atoms with Crippen LogP contribution in [0.4, 0.5) is 13.2 Å². The van der Waals surface area contributed by atoms with E-state index in [1.807, 2.05) is 40.7 Å². The molecule has 0 radical (unpaired) electrons. The van der Waals surface area contributed by atoms with Crippen molar-refractivity contribution in [2.24, 2.45) is 11.8 Å². The first-order valence-corrected chi connectivity index (χ1v) is 8.08. The maximum absolute atomic E-state index is 13.9. The van der Waals surface area contributed by atoms with Gasteiger partial charge in [-0.1, -0.05) is 43.7 Å². The third kappa shape index (κ3) is 3.24. The van der Waals surface area contributed by atoms with Crippen molar-refractivity contribution < 1.29 is 13.2 Å². The number of hydrogen-bond acceptors (Lipinski definition) is 0. The molecule has 0 aromatic heterocycles. The summed E-state index contributed by atoms with van der Waals surface area (Å²) in [5.74, 6) is -1.15. The molecule has 3 heteroatoms. The first-order chi connectivity index (χ1) is 10.6. The molecule has 0 aliphatic heterocycles. The Morgan fingerprint density at radius 3 is 2.13 bits per heavy atom. The Labute approximate surface area is 137 Å². The van der Waals surface area contributed by atoms with Gasteiger partial charge in [0, 0.05) is 0 Å². The van der Waals surface area contributed by atoms with E-state index < -0.39 is 12.1 Å². The molecule has 2 rings (SSSR count). The second kappa shape index (κ2) is 6.18. The van der Waals surface area contributed by atoms with Crippen molar-refractivity contribution >= 4 is 0 Å². The Kier molecular flexibility index (Phi) is 4.79. The van der Waals surface area contributed by atoms with Crippen LogP contribution in [0.15, 0.2) is 35.4 Å². The number of benzene rings is 1. The molecule has 3 unspecified atom stereocenters. The Hall–Kier alpha value is -1.51. The molecule has 1 aromatic carbocycles. The summed E-state index contributed by atoms with van der Waals surface area (Å²) in [6.45, 7) is 11.5. The van der Waals surface area contributed by atoms with Gasteiger partial charge in [-0.3, -0.25) is 0 Å². The van der Waals surface area contributed by atoms with E-state index in [2.05, 4.69) is 0 Å². The second-order valence-corrected chi connectivity index (χ2v) is 6.84. The molecule has 1 aliphatic carbocycles. The van der Waals surface area contributed by atoms with Gasteiger partial charge in [-0.25, -0.2) is 0 Å². The van der Waals surface area contributed by atoms with Gasteiger partial charge in [0.15, 0.2) is 0 Å². The van der Waals surface area contributed by atoms with Gasteiger partial charge >= 0.3 is 6.18 Å². The standard InChI is InChI=1S/C20H25F3/c1-11-7-9-17(15(5)13(11)3)19(20(21,22)23)18-10-8-12(2)14(4)16(18)6/h7-11,13,19H,1-6H3. The minimum Gasteiger partial charge on any atom is -0.170 e. The fraction of sp³-hybridized carbons (Fsp3) is 0.500. The smallest absolute Gasteiger partial charge is 0.170 e. The van der Waals surface area contributed by atoms with Crippen molar-refractivity contribution in [3.8, 4) is 0 Å². The van der Waals surface area contributed by atoms with Crippen molar-refractivity contribution in [1.29, 1.82) is 0 Å². The lowest BCUT2D eigenvalue weighted by molar-refractivity contribution is -0.141. The molecule has 0 saturated heterocycles. The van der Waals surface area contributed by atoms with Crippen LogP contribution >= 0.6 is 0 Å². The topological polar surface area (TPSA) is 0 Å². The minimum absolute atomic E-state index is 0.131. The molecule has 1 aliphatic rings. The maximum atomic E-state index is 13.9. The van der Waals surface area contributed by atoms with Crippen molar-refractivity contribution in [3.63, 3.8) is 0 Å². The lowest BCUT2D eigenvalue weighted by Gasteiger charge is -2.32. The van der Waals surface area contributed by atoms with Crippen molar-refractivity contribution in [3.05, 3.63) is 57.7 Å². The van der Waals surface area contributed by atoms with Crippen LogP contribution in [0.2, 0.25) is 0 Å². The molecular formula is C20H25F3. The van der Waals surface area contributed by atoms with Crippen molar-refractivity contribution in [2.75, 3.05) is 0 Å². The Morgan fingerprint density at radius 2 is 1.57 bits per heavy atom. The first kappa shape index (κ1) is 17.8. The lowest BCUT2D eigenvalue weighted by Crippen LogP contribution is -2.27. The fourth-order valence-electron chi connectivity index (χ4n) is 3.34. The molecule has 0 bridgehead atoms. The summed E-state index contributed by atoms with van der Waals surface area (Å²) in [6.07, 6.45) is -0.706. The van der Waals surface area contributed by atoms with Gasteiger partial charge in [0.2, 0.25) is 0 Å². The van der Waals surface area contributed by atoms with Gasteiger partial charge in [0.25, 0.3) is 0 Å². The van der Waals surface area contributed by atoms with E-state index in [-0.39, 0.29) is 11.8 Å². The van der Waals surface area contributed by atoms with Gasteiger partial charge < -0.3 is 0 Å². The highest BCUT2D eigenvalue weighted by Gasteiger charge is 2.44. The molecule has 23 heavy (non-hydrogen) atoms. The van der Waals surface area contributed by atoms with E-state index >= 15 is 0 Å². The quantitative estimate of drug-likeness (QED) is 0.589. The Balaban J connectivity index is 2.66. The van der Waals surface area contributed by atoms with E-state index in [1.54, 1.807) is 25.1 Å². The van der Waals surface area contributed by atoms with E-state index in [1.165, 1.54) is 0 Å². The minimum atomic E-state index is -4.30. The predicted octanol–water partition coefficient (Wildman–Crippen LogP) is 6.42. The maximum Gasteiger partial charge on any atom is 0.399 e. The molecule has 0 heterocycles. The fourth-order valence-corrected chi connectivity index (χ4v) is 3.34. The third-order valence-electron chi connectivity index (χ3n) is 5.56. The predicted molar refractivity (Wildman–Crippen MR) is 89.6 cm³/mol. The van der Waals surface area contributed by atoms with Crippen LogP contribution in [0.3, 0.4) is 0 Å². The highest BCUT2D eigenvalue weighted by Crippen LogP contribution is 2.46. The summed E-state index contributed by atoms with van der Waals surface area (Å²) >= 11 is 0. The van der Waals surface area contributed by atoms with E-state index in [0.29, 0.717) is 11.1 Å². The van der Waals surface area contributed by atoms with Gasteiger partial charge in [-0.15, -0.1) is 0 Å². The molecule has 0 fully saturated rings. The normalized spacial score (nSPS) is 23.3. The summed E-state index contributed by atoms with van der Waals surface area (Å²) in [5, 5.41) is 0. The summed E-state index contributed by atoms with van der Waals surface area (Å²) in [7, 11) is 0. The Bertz CT molecular complexity index is 662. The van der Waals surface area contributed by atoms with E-state index in [4.69, 9.17) is 0 Å². The number of allylic oxidation sites excluding steroid dienone is 4. The number of hydrogen-bond donors (Lipinski definition) is 0. The number of alkyl halides is 3. The Morgan fingerprint density at radius 1 is 0.957 bits per heavy atom. The van der Waals surface area contributed by atoms with Crippen LogP contribution in [0.25, 0.3) is 0 Å². The lowest BCUT2D eigenvalue weighted by atomic mass is 9.75. The average Bonchev–Trinajstić information content (AvgIpc) is 2.46. The largest absolute Gasteiger partial charge is 0.399 e.